The summed E-state index contributed by atoms with van der Waals surface area (Å²) in [5.41, 5.74) is 1.14. The molecule has 3 heteroatoms. The lowest BCUT2D eigenvalue weighted by Crippen LogP contribution is -2.40. The highest BCUT2D eigenvalue weighted by atomic mass is 16.3. The Morgan fingerprint density at radius 2 is 2.17 bits per heavy atom. The number of carbonyl (C=O) groups excluding carboxylic acids is 1. The van der Waals surface area contributed by atoms with Crippen LogP contribution in [-0.4, -0.2) is 35.1 Å². The van der Waals surface area contributed by atoms with Gasteiger partial charge >= 0.3 is 0 Å². The molecule has 3 nitrogen and oxygen atoms in total. The number of hydrogen-bond donors (Lipinski definition) is 1. The van der Waals surface area contributed by atoms with Crippen molar-refractivity contribution in [3.8, 4) is 0 Å². The van der Waals surface area contributed by atoms with Crippen LogP contribution in [0, 0.1) is 5.92 Å². The highest BCUT2D eigenvalue weighted by molar-refractivity contribution is 5.79. The molecule has 0 aliphatic carbocycles. The second-order valence-corrected chi connectivity index (χ2v) is 4.77. The normalized spacial score (nSPS) is 21.1. The zero-order chi connectivity index (χ0) is 13.0. The van der Waals surface area contributed by atoms with Crippen LogP contribution in [0.15, 0.2) is 43.0 Å². The summed E-state index contributed by atoms with van der Waals surface area (Å²) in [6.45, 7) is 4.42. The first-order valence-electron chi connectivity index (χ1n) is 6.31. The predicted octanol–water partition coefficient (Wildman–Crippen LogP) is 1.62. The maximum absolute atomic E-state index is 11.9. The molecule has 1 saturated heterocycles. The smallest absolute Gasteiger partial charge is 0.223 e. The fraction of sp³-hybridized carbons (Fsp3) is 0.400. The van der Waals surface area contributed by atoms with Gasteiger partial charge in [-0.05, 0) is 12.0 Å². The van der Waals surface area contributed by atoms with Crippen molar-refractivity contribution in [2.75, 3.05) is 13.2 Å². The maximum Gasteiger partial charge on any atom is 0.223 e. The summed E-state index contributed by atoms with van der Waals surface area (Å²) < 4.78 is 0. The van der Waals surface area contributed by atoms with E-state index in [0.717, 1.165) is 5.56 Å². The van der Waals surface area contributed by atoms with Crippen molar-refractivity contribution < 1.29 is 9.90 Å². The molecular formula is C15H19NO2. The van der Waals surface area contributed by atoms with E-state index in [1.807, 2.05) is 36.4 Å². The molecule has 1 heterocycles. The highest BCUT2D eigenvalue weighted by Crippen LogP contribution is 2.22. The van der Waals surface area contributed by atoms with Crippen LogP contribution >= 0.6 is 0 Å². The summed E-state index contributed by atoms with van der Waals surface area (Å²) in [5, 5.41) is 9.50. The van der Waals surface area contributed by atoms with Gasteiger partial charge in [-0.3, -0.25) is 4.79 Å². The van der Waals surface area contributed by atoms with Gasteiger partial charge in [0.25, 0.3) is 0 Å². The van der Waals surface area contributed by atoms with Crippen LogP contribution in [0.5, 0.6) is 0 Å². The summed E-state index contributed by atoms with van der Waals surface area (Å²) in [6, 6.07) is 9.84. The number of aliphatic hydroxyl groups is 1. The Bertz CT molecular complexity index is 416. The van der Waals surface area contributed by atoms with Crippen LogP contribution in [0.4, 0.5) is 0 Å². The molecule has 0 aromatic heterocycles. The number of nitrogens with zero attached hydrogens (tertiary/aromatic N) is 1. The molecular weight excluding hydrogens is 226 g/mol. The van der Waals surface area contributed by atoms with Crippen LogP contribution in [0.1, 0.15) is 12.0 Å². The van der Waals surface area contributed by atoms with E-state index in [0.29, 0.717) is 19.4 Å². The van der Waals surface area contributed by atoms with E-state index < -0.39 is 0 Å². The van der Waals surface area contributed by atoms with Crippen molar-refractivity contribution in [2.45, 2.75) is 18.9 Å². The Kier molecular flexibility index (Phi) is 4.15. The quantitative estimate of drug-likeness (QED) is 0.801. The van der Waals surface area contributed by atoms with Gasteiger partial charge in [-0.15, -0.1) is 6.58 Å². The van der Waals surface area contributed by atoms with Crippen LogP contribution in [0.25, 0.3) is 0 Å². The molecule has 1 aromatic carbocycles. The molecule has 1 amide bonds. The molecule has 1 aliphatic heterocycles. The van der Waals surface area contributed by atoms with E-state index in [1.165, 1.54) is 0 Å². The van der Waals surface area contributed by atoms with E-state index in [4.69, 9.17) is 0 Å². The predicted molar refractivity (Wildman–Crippen MR) is 71.0 cm³/mol. The average Bonchev–Trinajstić information content (AvgIpc) is 2.78. The lowest BCUT2D eigenvalue weighted by atomic mass is 10.1. The topological polar surface area (TPSA) is 40.5 Å². The third-order valence-electron chi connectivity index (χ3n) is 3.49. The van der Waals surface area contributed by atoms with Gasteiger partial charge in [0.1, 0.15) is 0 Å². The Balaban J connectivity index is 2.05. The summed E-state index contributed by atoms with van der Waals surface area (Å²) in [6.07, 6.45) is 3.05. The van der Waals surface area contributed by atoms with Crippen molar-refractivity contribution in [1.29, 1.82) is 0 Å². The molecule has 0 saturated carbocycles. The zero-order valence-electron chi connectivity index (χ0n) is 10.5. The molecule has 96 valence electrons. The third kappa shape index (κ3) is 2.79. The Morgan fingerprint density at radius 3 is 2.72 bits per heavy atom. The van der Waals surface area contributed by atoms with Gasteiger partial charge < -0.3 is 10.0 Å². The fourth-order valence-electron chi connectivity index (χ4n) is 2.43. The lowest BCUT2D eigenvalue weighted by molar-refractivity contribution is -0.130. The van der Waals surface area contributed by atoms with Crippen molar-refractivity contribution in [2.24, 2.45) is 5.92 Å². The average molecular weight is 245 g/mol. The van der Waals surface area contributed by atoms with Crippen LogP contribution in [0.3, 0.4) is 0 Å². The Hall–Kier alpha value is -1.61. The minimum absolute atomic E-state index is 0.00446. The minimum Gasteiger partial charge on any atom is -0.394 e. The first-order valence-corrected chi connectivity index (χ1v) is 6.31. The summed E-state index contributed by atoms with van der Waals surface area (Å²) in [7, 11) is 0. The van der Waals surface area contributed by atoms with E-state index in [1.54, 1.807) is 4.90 Å². The number of aliphatic hydroxyl groups excluding tert-OH is 1. The van der Waals surface area contributed by atoms with Crippen molar-refractivity contribution in [1.82, 2.24) is 4.90 Å². The standard InChI is InChI=1S/C15H19NO2/c1-2-12-9-15(18)16(10-12)14(11-17)8-13-6-4-3-5-7-13/h2-7,12,14,17H,1,8-11H2/t12?,14-/m0/s1. The van der Waals surface area contributed by atoms with Gasteiger partial charge in [0.15, 0.2) is 0 Å². The molecule has 2 atom stereocenters. The lowest BCUT2D eigenvalue weighted by Gasteiger charge is -2.26. The first kappa shape index (κ1) is 12.8. The SMILES string of the molecule is C=CC1CC(=O)N([C@H](CO)Cc2ccccc2)C1. The number of likely N-dealkylation sites (tertiary alicyclic amines) is 1. The molecule has 0 radical (unpaired) electrons. The summed E-state index contributed by atoms with van der Waals surface area (Å²) in [5.74, 6) is 0.345. The Morgan fingerprint density at radius 1 is 1.44 bits per heavy atom. The first-order chi connectivity index (χ1) is 8.74. The van der Waals surface area contributed by atoms with Crippen LogP contribution < -0.4 is 0 Å². The minimum atomic E-state index is -0.121. The van der Waals surface area contributed by atoms with E-state index in [2.05, 4.69) is 6.58 Å². The van der Waals surface area contributed by atoms with Gasteiger partial charge in [-0.1, -0.05) is 36.4 Å². The second kappa shape index (κ2) is 5.83. The van der Waals surface area contributed by atoms with E-state index in [-0.39, 0.29) is 24.5 Å². The molecule has 0 spiro atoms. The molecule has 1 unspecified atom stereocenters. The van der Waals surface area contributed by atoms with Gasteiger partial charge in [0.05, 0.1) is 12.6 Å². The monoisotopic (exact) mass is 245 g/mol. The highest BCUT2D eigenvalue weighted by Gasteiger charge is 2.32. The third-order valence-corrected chi connectivity index (χ3v) is 3.49. The Labute approximate surface area is 108 Å². The molecule has 1 N–H and O–H groups in total. The molecule has 2 rings (SSSR count). The van der Waals surface area contributed by atoms with Crippen LogP contribution in [0.2, 0.25) is 0 Å². The number of amides is 1. The molecule has 18 heavy (non-hydrogen) atoms. The van der Waals surface area contributed by atoms with Crippen molar-refractivity contribution >= 4 is 5.91 Å². The summed E-state index contributed by atoms with van der Waals surface area (Å²) in [4.78, 5) is 13.7. The van der Waals surface area contributed by atoms with Gasteiger partial charge in [-0.2, -0.15) is 0 Å². The van der Waals surface area contributed by atoms with Gasteiger partial charge in [0.2, 0.25) is 5.91 Å². The molecule has 1 fully saturated rings. The molecule has 1 aromatic rings. The van der Waals surface area contributed by atoms with Gasteiger partial charge in [-0.25, -0.2) is 0 Å². The number of hydrogen-bond acceptors (Lipinski definition) is 2. The molecule has 1 aliphatic rings. The van der Waals surface area contributed by atoms with Crippen LogP contribution in [-0.2, 0) is 11.2 Å². The maximum atomic E-state index is 11.9. The largest absolute Gasteiger partial charge is 0.394 e. The van der Waals surface area contributed by atoms with E-state index in [9.17, 15) is 9.90 Å². The van der Waals surface area contributed by atoms with E-state index >= 15 is 0 Å². The van der Waals surface area contributed by atoms with Crippen molar-refractivity contribution in [3.05, 3.63) is 48.6 Å². The second-order valence-electron chi connectivity index (χ2n) is 4.77. The molecule has 0 bridgehead atoms. The van der Waals surface area contributed by atoms with Gasteiger partial charge in [0, 0.05) is 18.9 Å². The number of carbonyl (C=O) groups is 1. The zero-order valence-corrected chi connectivity index (χ0v) is 10.5. The number of benzene rings is 1. The fourth-order valence-corrected chi connectivity index (χ4v) is 2.43. The summed E-state index contributed by atoms with van der Waals surface area (Å²) >= 11 is 0. The van der Waals surface area contributed by atoms with Crippen molar-refractivity contribution in [3.63, 3.8) is 0 Å². The number of rotatable bonds is 5.